The number of ether oxygens (including phenoxy) is 1. The third kappa shape index (κ3) is 3.27. The van der Waals surface area contributed by atoms with Gasteiger partial charge in [0.1, 0.15) is 24.5 Å². The lowest BCUT2D eigenvalue weighted by atomic mass is 10.2. The molecule has 0 unspecified atom stereocenters. The van der Waals surface area contributed by atoms with Crippen molar-refractivity contribution in [2.24, 2.45) is 5.73 Å². The third-order valence-electron chi connectivity index (χ3n) is 2.72. The first-order valence-corrected chi connectivity index (χ1v) is 6.63. The lowest BCUT2D eigenvalue weighted by molar-refractivity contribution is 0.285. The van der Waals surface area contributed by atoms with Crippen LogP contribution in [-0.2, 0) is 13.2 Å². The van der Waals surface area contributed by atoms with E-state index >= 15 is 0 Å². The first kappa shape index (κ1) is 14.3. The van der Waals surface area contributed by atoms with Gasteiger partial charge in [-0.25, -0.2) is 9.67 Å². The Bertz CT molecular complexity index is 611. The second kappa shape index (κ2) is 6.38. The predicted molar refractivity (Wildman–Crippen MR) is 77.1 cm³/mol. The molecule has 0 atom stereocenters. The average Bonchev–Trinajstić information content (AvgIpc) is 2.84. The van der Waals surface area contributed by atoms with E-state index in [1.165, 1.54) is 6.33 Å². The Morgan fingerprint density at radius 3 is 3.00 bits per heavy atom. The van der Waals surface area contributed by atoms with E-state index in [2.05, 4.69) is 17.0 Å². The van der Waals surface area contributed by atoms with Gasteiger partial charge in [-0.15, -0.1) is 0 Å². The first-order valence-electron chi connectivity index (χ1n) is 6.25. The van der Waals surface area contributed by atoms with Crippen LogP contribution in [0.2, 0.25) is 5.02 Å². The van der Waals surface area contributed by atoms with Crippen molar-refractivity contribution >= 4 is 17.4 Å². The number of aromatic nitrogens is 3. The van der Waals surface area contributed by atoms with Gasteiger partial charge in [-0.3, -0.25) is 5.41 Å². The molecule has 0 saturated heterocycles. The summed E-state index contributed by atoms with van der Waals surface area (Å²) >= 11 is 5.94. The van der Waals surface area contributed by atoms with E-state index in [0.29, 0.717) is 16.3 Å². The minimum absolute atomic E-state index is 0.0632. The van der Waals surface area contributed by atoms with Crippen LogP contribution in [0.3, 0.4) is 0 Å². The number of nitrogens with two attached hydrogens (primary N) is 1. The molecular formula is C13H16ClN5O. The third-order valence-corrected chi connectivity index (χ3v) is 2.96. The molecule has 0 spiro atoms. The molecule has 2 rings (SSSR count). The van der Waals surface area contributed by atoms with Gasteiger partial charge in [0.25, 0.3) is 0 Å². The second-order valence-electron chi connectivity index (χ2n) is 4.24. The minimum atomic E-state index is -0.0632. The molecule has 0 saturated carbocycles. The monoisotopic (exact) mass is 293 g/mol. The van der Waals surface area contributed by atoms with Crippen LogP contribution in [-0.4, -0.2) is 20.6 Å². The summed E-state index contributed by atoms with van der Waals surface area (Å²) in [5, 5.41) is 12.2. The number of aryl methyl sites for hydroxylation is 1. The summed E-state index contributed by atoms with van der Waals surface area (Å²) in [6.45, 7) is 3.10. The highest BCUT2D eigenvalue weighted by Crippen LogP contribution is 2.23. The molecule has 3 N–H and O–H groups in total. The SMILES string of the molecule is CCCn1ncnc1COc1cc(Cl)ccc1C(=N)N. The van der Waals surface area contributed by atoms with Crippen molar-refractivity contribution in [1.29, 1.82) is 5.41 Å². The number of hydrogen-bond donors (Lipinski definition) is 2. The van der Waals surface area contributed by atoms with E-state index in [1.54, 1.807) is 22.9 Å². The molecule has 1 heterocycles. The van der Waals surface area contributed by atoms with Gasteiger partial charge in [-0.05, 0) is 24.6 Å². The van der Waals surface area contributed by atoms with Gasteiger partial charge >= 0.3 is 0 Å². The summed E-state index contributed by atoms with van der Waals surface area (Å²) in [5.74, 6) is 1.13. The standard InChI is InChI=1S/C13H16ClN5O/c1-2-5-19-12(17-8-18-19)7-20-11-6-9(14)3-4-10(11)13(15)16/h3-4,6,8H,2,5,7H2,1H3,(H3,15,16). The minimum Gasteiger partial charge on any atom is -0.485 e. The van der Waals surface area contributed by atoms with Crippen molar-refractivity contribution in [3.8, 4) is 5.75 Å². The van der Waals surface area contributed by atoms with Crippen LogP contribution in [0.1, 0.15) is 24.7 Å². The number of halogens is 1. The normalized spacial score (nSPS) is 10.5. The van der Waals surface area contributed by atoms with Gasteiger partial charge in [-0.1, -0.05) is 18.5 Å². The second-order valence-corrected chi connectivity index (χ2v) is 4.68. The maximum Gasteiger partial charge on any atom is 0.164 e. The van der Waals surface area contributed by atoms with E-state index < -0.39 is 0 Å². The van der Waals surface area contributed by atoms with E-state index in [4.69, 9.17) is 27.5 Å². The summed E-state index contributed by atoms with van der Waals surface area (Å²) in [6.07, 6.45) is 2.46. The van der Waals surface area contributed by atoms with Crippen LogP contribution < -0.4 is 10.5 Å². The van der Waals surface area contributed by atoms with Gasteiger partial charge in [0, 0.05) is 11.6 Å². The zero-order chi connectivity index (χ0) is 14.5. The van der Waals surface area contributed by atoms with Gasteiger partial charge in [0.05, 0.1) is 5.56 Å². The fraction of sp³-hybridized carbons (Fsp3) is 0.308. The van der Waals surface area contributed by atoms with Crippen molar-refractivity contribution in [3.05, 3.63) is 40.9 Å². The Kier molecular flexibility index (Phi) is 4.57. The van der Waals surface area contributed by atoms with E-state index in [9.17, 15) is 0 Å². The molecule has 1 aromatic carbocycles. The molecule has 0 aliphatic rings. The summed E-state index contributed by atoms with van der Waals surface area (Å²) in [6, 6.07) is 4.97. The number of nitrogen functional groups attached to an aromatic ring is 1. The van der Waals surface area contributed by atoms with Crippen LogP contribution in [0.5, 0.6) is 5.75 Å². The highest BCUT2D eigenvalue weighted by Gasteiger charge is 2.10. The van der Waals surface area contributed by atoms with Crippen molar-refractivity contribution in [2.45, 2.75) is 26.5 Å². The topological polar surface area (TPSA) is 89.8 Å². The smallest absolute Gasteiger partial charge is 0.164 e. The number of benzene rings is 1. The molecular weight excluding hydrogens is 278 g/mol. The van der Waals surface area contributed by atoms with Crippen LogP contribution in [0.15, 0.2) is 24.5 Å². The van der Waals surface area contributed by atoms with Crippen LogP contribution in [0.25, 0.3) is 0 Å². The fourth-order valence-electron chi connectivity index (χ4n) is 1.78. The molecule has 0 amide bonds. The molecule has 0 bridgehead atoms. The van der Waals surface area contributed by atoms with E-state index in [-0.39, 0.29) is 12.4 Å². The lowest BCUT2D eigenvalue weighted by Gasteiger charge is -2.11. The molecule has 6 nitrogen and oxygen atoms in total. The lowest BCUT2D eigenvalue weighted by Crippen LogP contribution is -2.14. The Hall–Kier alpha value is -2.08. The Morgan fingerprint density at radius 1 is 1.50 bits per heavy atom. The van der Waals surface area contributed by atoms with Crippen molar-refractivity contribution in [1.82, 2.24) is 14.8 Å². The van der Waals surface area contributed by atoms with Crippen molar-refractivity contribution < 1.29 is 4.74 Å². The van der Waals surface area contributed by atoms with E-state index in [0.717, 1.165) is 18.8 Å². The highest BCUT2D eigenvalue weighted by atomic mass is 35.5. The fourth-order valence-corrected chi connectivity index (χ4v) is 1.94. The van der Waals surface area contributed by atoms with Crippen molar-refractivity contribution in [3.63, 3.8) is 0 Å². The number of nitrogens with one attached hydrogen (secondary N) is 1. The van der Waals surface area contributed by atoms with Gasteiger partial charge < -0.3 is 10.5 Å². The van der Waals surface area contributed by atoms with Gasteiger partial charge in [-0.2, -0.15) is 5.10 Å². The Morgan fingerprint density at radius 2 is 2.30 bits per heavy atom. The molecule has 2 aromatic rings. The average molecular weight is 294 g/mol. The van der Waals surface area contributed by atoms with Gasteiger partial charge in [0.15, 0.2) is 5.82 Å². The zero-order valence-corrected chi connectivity index (χ0v) is 11.9. The van der Waals surface area contributed by atoms with Crippen molar-refractivity contribution in [2.75, 3.05) is 0 Å². The summed E-state index contributed by atoms with van der Waals surface area (Å²) < 4.78 is 7.47. The first-order chi connectivity index (χ1) is 9.61. The highest BCUT2D eigenvalue weighted by molar-refractivity contribution is 6.30. The molecule has 7 heteroatoms. The molecule has 0 aliphatic heterocycles. The maximum absolute atomic E-state index is 7.53. The number of rotatable bonds is 6. The Balaban J connectivity index is 2.16. The zero-order valence-electron chi connectivity index (χ0n) is 11.1. The summed E-state index contributed by atoms with van der Waals surface area (Å²) in [4.78, 5) is 4.16. The predicted octanol–water partition coefficient (Wildman–Crippen LogP) is 2.20. The molecule has 106 valence electrons. The van der Waals surface area contributed by atoms with Crippen LogP contribution in [0, 0.1) is 5.41 Å². The molecule has 0 radical (unpaired) electrons. The molecule has 1 aromatic heterocycles. The Labute approximate surface area is 122 Å². The largest absolute Gasteiger partial charge is 0.485 e. The molecule has 0 fully saturated rings. The number of hydrogen-bond acceptors (Lipinski definition) is 4. The maximum atomic E-state index is 7.53. The molecule has 20 heavy (non-hydrogen) atoms. The summed E-state index contributed by atoms with van der Waals surface area (Å²) in [7, 11) is 0. The number of amidine groups is 1. The quantitative estimate of drug-likeness (QED) is 0.631. The summed E-state index contributed by atoms with van der Waals surface area (Å²) in [5.41, 5.74) is 6.03. The van der Waals surface area contributed by atoms with Gasteiger partial charge in [0.2, 0.25) is 0 Å². The van der Waals surface area contributed by atoms with E-state index in [1.807, 2.05) is 0 Å². The molecule has 0 aliphatic carbocycles. The number of nitrogens with zero attached hydrogens (tertiary/aromatic N) is 3. The van der Waals surface area contributed by atoms with Crippen LogP contribution >= 0.6 is 11.6 Å². The van der Waals surface area contributed by atoms with Crippen LogP contribution in [0.4, 0.5) is 0 Å².